The van der Waals surface area contributed by atoms with E-state index in [1.165, 1.54) is 0 Å². The molecule has 5 heteroatoms. The van der Waals surface area contributed by atoms with Gasteiger partial charge in [0.2, 0.25) is 5.88 Å². The molecule has 1 heterocycles. The Labute approximate surface area is 105 Å². The van der Waals surface area contributed by atoms with Gasteiger partial charge in [0.25, 0.3) is 0 Å². The van der Waals surface area contributed by atoms with Crippen LogP contribution in [-0.4, -0.2) is 27.1 Å². The topological polar surface area (TPSA) is 57.5 Å². The molecule has 4 nitrogen and oxygen atoms in total. The minimum Gasteiger partial charge on any atom is -0.591 e. The minimum absolute atomic E-state index is 0.338. The van der Waals surface area contributed by atoms with E-state index < -0.39 is 11.4 Å². The van der Waals surface area contributed by atoms with Crippen molar-refractivity contribution in [2.75, 3.05) is 6.61 Å². The molecule has 0 fully saturated rings. The highest BCUT2D eigenvalue weighted by Crippen LogP contribution is 2.16. The van der Waals surface area contributed by atoms with Crippen LogP contribution in [0.25, 0.3) is 0 Å². The van der Waals surface area contributed by atoms with Crippen LogP contribution in [-0.2, 0) is 11.4 Å². The van der Waals surface area contributed by atoms with Gasteiger partial charge in [0.05, 0.1) is 12.8 Å². The van der Waals surface area contributed by atoms with Crippen LogP contribution in [0, 0.1) is 0 Å². The second kappa shape index (κ2) is 6.02. The predicted octanol–water partition coefficient (Wildman–Crippen LogP) is 2.36. The number of hydrogen-bond acceptors (Lipinski definition) is 4. The molecule has 1 rings (SSSR count). The van der Waals surface area contributed by atoms with Gasteiger partial charge in [-0.1, -0.05) is 4.40 Å². The van der Waals surface area contributed by atoms with Gasteiger partial charge in [-0.3, -0.25) is 0 Å². The maximum Gasteiger partial charge on any atom is 0.213 e. The summed E-state index contributed by atoms with van der Waals surface area (Å²) in [6, 6.07) is 3.60. The molecule has 0 bridgehead atoms. The second-order valence-corrected chi connectivity index (χ2v) is 6.39. The third-order valence-corrected chi connectivity index (χ3v) is 3.22. The summed E-state index contributed by atoms with van der Waals surface area (Å²) in [6.45, 7) is 8.16. The Kier molecular flexibility index (Phi) is 4.96. The first-order valence-corrected chi connectivity index (χ1v) is 6.59. The maximum absolute atomic E-state index is 11.7. The second-order valence-electron chi connectivity index (χ2n) is 4.46. The molecular weight excluding hydrogens is 236 g/mol. The number of aromatic nitrogens is 1. The first-order valence-electron chi connectivity index (χ1n) is 5.48. The van der Waals surface area contributed by atoms with Crippen molar-refractivity contribution >= 4 is 17.6 Å². The summed E-state index contributed by atoms with van der Waals surface area (Å²) < 4.78 is 20.6. The SMILES string of the molecule is CCOc1ccc(C=N[S+]([O-])C(C)(C)C)cn1. The van der Waals surface area contributed by atoms with Crippen LogP contribution >= 0.6 is 0 Å². The van der Waals surface area contributed by atoms with Gasteiger partial charge in [0.1, 0.15) is 16.1 Å². The normalized spacial score (nSPS) is 13.9. The van der Waals surface area contributed by atoms with E-state index in [1.54, 1.807) is 18.5 Å². The summed E-state index contributed by atoms with van der Waals surface area (Å²) in [5, 5.41) is 0. The Hall–Kier alpha value is -1.07. The molecule has 0 spiro atoms. The molecule has 0 saturated carbocycles. The van der Waals surface area contributed by atoms with Crippen LogP contribution in [0.1, 0.15) is 33.3 Å². The lowest BCUT2D eigenvalue weighted by Gasteiger charge is -2.17. The summed E-state index contributed by atoms with van der Waals surface area (Å²) in [6.07, 6.45) is 3.22. The highest BCUT2D eigenvalue weighted by atomic mass is 32.2. The molecule has 94 valence electrons. The third kappa shape index (κ3) is 4.75. The fourth-order valence-corrected chi connectivity index (χ4v) is 1.50. The van der Waals surface area contributed by atoms with Crippen molar-refractivity contribution in [2.45, 2.75) is 32.4 Å². The van der Waals surface area contributed by atoms with E-state index in [0.29, 0.717) is 12.5 Å². The molecular formula is C12H18N2O2S. The Morgan fingerprint density at radius 2 is 2.18 bits per heavy atom. The number of hydrogen-bond donors (Lipinski definition) is 0. The maximum atomic E-state index is 11.7. The molecule has 1 unspecified atom stereocenters. The Morgan fingerprint density at radius 3 is 2.65 bits per heavy atom. The summed E-state index contributed by atoms with van der Waals surface area (Å²) >= 11 is -1.24. The van der Waals surface area contributed by atoms with Gasteiger partial charge in [-0.25, -0.2) is 4.98 Å². The van der Waals surface area contributed by atoms with Crippen LogP contribution < -0.4 is 4.74 Å². The van der Waals surface area contributed by atoms with Crippen molar-refractivity contribution in [3.8, 4) is 5.88 Å². The van der Waals surface area contributed by atoms with Gasteiger partial charge in [-0.05, 0) is 33.8 Å². The molecule has 0 aliphatic heterocycles. The smallest absolute Gasteiger partial charge is 0.213 e. The largest absolute Gasteiger partial charge is 0.591 e. The van der Waals surface area contributed by atoms with Crippen molar-refractivity contribution in [2.24, 2.45) is 4.40 Å². The molecule has 1 aromatic rings. The first kappa shape index (κ1) is 14.0. The summed E-state index contributed by atoms with van der Waals surface area (Å²) in [5.41, 5.74) is 0.811. The molecule has 1 aromatic heterocycles. The highest BCUT2D eigenvalue weighted by molar-refractivity contribution is 7.91. The van der Waals surface area contributed by atoms with Crippen LogP contribution in [0.5, 0.6) is 5.88 Å². The Balaban J connectivity index is 2.66. The Morgan fingerprint density at radius 1 is 1.47 bits per heavy atom. The summed E-state index contributed by atoms with van der Waals surface area (Å²) in [5.74, 6) is 0.585. The van der Waals surface area contributed by atoms with E-state index in [-0.39, 0.29) is 4.75 Å². The van der Waals surface area contributed by atoms with E-state index in [2.05, 4.69) is 9.38 Å². The molecule has 0 saturated heterocycles. The molecule has 0 aliphatic carbocycles. The number of rotatable bonds is 4. The van der Waals surface area contributed by atoms with Crippen LogP contribution in [0.15, 0.2) is 22.7 Å². The molecule has 0 aromatic carbocycles. The zero-order valence-corrected chi connectivity index (χ0v) is 11.5. The number of nitrogens with zero attached hydrogens (tertiary/aromatic N) is 2. The van der Waals surface area contributed by atoms with E-state index >= 15 is 0 Å². The van der Waals surface area contributed by atoms with Gasteiger partial charge < -0.3 is 9.29 Å². The molecule has 0 aliphatic rings. The highest BCUT2D eigenvalue weighted by Gasteiger charge is 2.25. The lowest BCUT2D eigenvalue weighted by atomic mass is 10.3. The van der Waals surface area contributed by atoms with Crippen LogP contribution in [0.2, 0.25) is 0 Å². The fourth-order valence-electron chi connectivity index (χ4n) is 0.968. The molecule has 0 radical (unpaired) electrons. The van der Waals surface area contributed by atoms with Gasteiger partial charge in [-0.15, -0.1) is 0 Å². The minimum atomic E-state index is -1.24. The molecule has 0 N–H and O–H groups in total. The van der Waals surface area contributed by atoms with Gasteiger partial charge in [-0.2, -0.15) is 0 Å². The summed E-state index contributed by atoms with van der Waals surface area (Å²) in [4.78, 5) is 4.10. The van der Waals surface area contributed by atoms with Gasteiger partial charge >= 0.3 is 0 Å². The lowest BCUT2D eigenvalue weighted by Crippen LogP contribution is -2.25. The number of ether oxygens (including phenoxy) is 1. The average Bonchev–Trinajstić information content (AvgIpc) is 2.27. The molecule has 0 amide bonds. The standard InChI is InChI=1S/C12H18N2O2S/c1-5-16-11-7-6-10(8-13-11)9-14-17(15)12(2,3)4/h6-9H,5H2,1-4H3. The van der Waals surface area contributed by atoms with E-state index in [0.717, 1.165) is 5.56 Å². The van der Waals surface area contributed by atoms with Crippen molar-refractivity contribution in [3.63, 3.8) is 0 Å². The Bertz CT molecular complexity index is 371. The summed E-state index contributed by atoms with van der Waals surface area (Å²) in [7, 11) is 0. The van der Waals surface area contributed by atoms with Crippen molar-refractivity contribution < 1.29 is 9.29 Å². The van der Waals surface area contributed by atoms with E-state index in [9.17, 15) is 4.55 Å². The lowest BCUT2D eigenvalue weighted by molar-refractivity contribution is 0.327. The van der Waals surface area contributed by atoms with Crippen molar-refractivity contribution in [3.05, 3.63) is 23.9 Å². The number of pyridine rings is 1. The quantitative estimate of drug-likeness (QED) is 0.612. The van der Waals surface area contributed by atoms with Crippen molar-refractivity contribution in [1.29, 1.82) is 0 Å². The first-order chi connectivity index (χ1) is 7.93. The predicted molar refractivity (Wildman–Crippen MR) is 70.9 cm³/mol. The van der Waals surface area contributed by atoms with Gasteiger partial charge in [0, 0.05) is 17.8 Å². The van der Waals surface area contributed by atoms with Gasteiger partial charge in [0.15, 0.2) is 0 Å². The zero-order valence-electron chi connectivity index (χ0n) is 10.6. The van der Waals surface area contributed by atoms with E-state index in [4.69, 9.17) is 4.74 Å². The van der Waals surface area contributed by atoms with E-state index in [1.807, 2.05) is 33.8 Å². The third-order valence-electron chi connectivity index (χ3n) is 1.87. The molecule has 1 atom stereocenters. The monoisotopic (exact) mass is 254 g/mol. The average molecular weight is 254 g/mol. The fraction of sp³-hybridized carbons (Fsp3) is 0.500. The zero-order chi connectivity index (χ0) is 12.9. The van der Waals surface area contributed by atoms with Crippen LogP contribution in [0.4, 0.5) is 0 Å². The van der Waals surface area contributed by atoms with Crippen LogP contribution in [0.3, 0.4) is 0 Å². The molecule has 17 heavy (non-hydrogen) atoms. The van der Waals surface area contributed by atoms with Crippen molar-refractivity contribution in [1.82, 2.24) is 4.98 Å².